The van der Waals surface area contributed by atoms with Gasteiger partial charge in [-0.3, -0.25) is 0 Å². The van der Waals surface area contributed by atoms with Crippen molar-refractivity contribution in [3.63, 3.8) is 0 Å². The molecule has 2 heterocycles. The number of nitrogens with zero attached hydrogens (tertiary/aromatic N) is 2. The summed E-state index contributed by atoms with van der Waals surface area (Å²) < 4.78 is 5.53. The highest BCUT2D eigenvalue weighted by atomic mass is 16.6. The lowest BCUT2D eigenvalue weighted by Gasteiger charge is -2.25. The van der Waals surface area contributed by atoms with E-state index in [4.69, 9.17) is 10.5 Å². The van der Waals surface area contributed by atoms with E-state index in [1.165, 1.54) is 12.8 Å². The standard InChI is InChI=1S/C11H15N3O/c12-9-3-5-13-10(14-9)8-2-1-4-11(6-8)7-15-11/h3,5,8H,1-2,4,6-7H2,(H2,12,13,14)/t8-,11+/m0/s1. The molecule has 0 radical (unpaired) electrons. The minimum absolute atomic E-state index is 0.177. The Morgan fingerprint density at radius 1 is 1.53 bits per heavy atom. The number of anilines is 1. The fourth-order valence-electron chi connectivity index (χ4n) is 2.49. The molecule has 15 heavy (non-hydrogen) atoms. The molecule has 0 aromatic carbocycles. The fraction of sp³-hybridized carbons (Fsp3) is 0.636. The van der Waals surface area contributed by atoms with Gasteiger partial charge < -0.3 is 10.5 Å². The first-order valence-electron chi connectivity index (χ1n) is 5.50. The maximum atomic E-state index is 5.67. The van der Waals surface area contributed by atoms with Gasteiger partial charge in [0.15, 0.2) is 0 Å². The zero-order valence-corrected chi connectivity index (χ0v) is 8.65. The van der Waals surface area contributed by atoms with Crippen molar-refractivity contribution in [1.82, 2.24) is 9.97 Å². The van der Waals surface area contributed by atoms with Crippen LogP contribution in [0.2, 0.25) is 0 Å². The molecule has 1 spiro atoms. The first-order chi connectivity index (χ1) is 7.27. The summed E-state index contributed by atoms with van der Waals surface area (Å²) in [6.07, 6.45) is 6.38. The average molecular weight is 205 g/mol. The molecular formula is C11H15N3O. The van der Waals surface area contributed by atoms with Crippen molar-refractivity contribution < 1.29 is 4.74 Å². The molecule has 2 aliphatic rings. The van der Waals surface area contributed by atoms with Crippen LogP contribution in [0.4, 0.5) is 5.82 Å². The van der Waals surface area contributed by atoms with Crippen LogP contribution >= 0.6 is 0 Å². The number of epoxide rings is 1. The van der Waals surface area contributed by atoms with Gasteiger partial charge in [0.1, 0.15) is 11.6 Å². The average Bonchev–Trinajstić information content (AvgIpc) is 2.98. The lowest BCUT2D eigenvalue weighted by atomic mass is 9.81. The van der Waals surface area contributed by atoms with E-state index in [1.807, 2.05) is 0 Å². The molecule has 0 bridgehead atoms. The second kappa shape index (κ2) is 3.17. The SMILES string of the molecule is Nc1ccnc([C@H]2CCC[C@]3(CO3)C2)n1. The molecule has 1 aliphatic carbocycles. The summed E-state index contributed by atoms with van der Waals surface area (Å²) in [5.74, 6) is 1.89. The molecule has 1 saturated carbocycles. The number of nitrogens with two attached hydrogens (primary N) is 1. The smallest absolute Gasteiger partial charge is 0.133 e. The van der Waals surface area contributed by atoms with Crippen LogP contribution in [0.15, 0.2) is 12.3 Å². The number of nitrogen functional groups attached to an aromatic ring is 1. The highest BCUT2D eigenvalue weighted by Crippen LogP contribution is 2.46. The van der Waals surface area contributed by atoms with Crippen LogP contribution in [0.25, 0.3) is 0 Å². The third-order valence-corrected chi connectivity index (χ3v) is 3.42. The molecule has 4 nitrogen and oxygen atoms in total. The van der Waals surface area contributed by atoms with Crippen molar-refractivity contribution in [2.24, 2.45) is 0 Å². The molecule has 1 saturated heterocycles. The fourth-order valence-corrected chi connectivity index (χ4v) is 2.49. The summed E-state index contributed by atoms with van der Waals surface area (Å²) in [6, 6.07) is 1.73. The van der Waals surface area contributed by atoms with Gasteiger partial charge in [-0.1, -0.05) is 0 Å². The predicted molar refractivity (Wildman–Crippen MR) is 56.3 cm³/mol. The van der Waals surface area contributed by atoms with Crippen LogP contribution in [0.1, 0.15) is 37.4 Å². The van der Waals surface area contributed by atoms with Gasteiger partial charge in [0.2, 0.25) is 0 Å². The van der Waals surface area contributed by atoms with Gasteiger partial charge in [0.05, 0.1) is 12.2 Å². The molecular weight excluding hydrogens is 190 g/mol. The van der Waals surface area contributed by atoms with E-state index in [0.29, 0.717) is 11.7 Å². The molecule has 1 aromatic rings. The van der Waals surface area contributed by atoms with E-state index >= 15 is 0 Å². The van der Waals surface area contributed by atoms with Gasteiger partial charge >= 0.3 is 0 Å². The van der Waals surface area contributed by atoms with E-state index < -0.39 is 0 Å². The molecule has 0 amide bonds. The van der Waals surface area contributed by atoms with Crippen molar-refractivity contribution >= 4 is 5.82 Å². The molecule has 1 aromatic heterocycles. The third kappa shape index (κ3) is 1.69. The zero-order valence-electron chi connectivity index (χ0n) is 8.65. The predicted octanol–water partition coefficient (Wildman–Crippen LogP) is 1.49. The van der Waals surface area contributed by atoms with Gasteiger partial charge in [-0.2, -0.15) is 0 Å². The Kier molecular flexibility index (Phi) is 1.92. The number of hydrogen-bond acceptors (Lipinski definition) is 4. The molecule has 2 atom stereocenters. The van der Waals surface area contributed by atoms with Crippen LogP contribution in [-0.2, 0) is 4.74 Å². The van der Waals surface area contributed by atoms with Crippen molar-refractivity contribution in [3.8, 4) is 0 Å². The van der Waals surface area contributed by atoms with E-state index in [9.17, 15) is 0 Å². The lowest BCUT2D eigenvalue weighted by molar-refractivity contribution is 0.216. The first kappa shape index (κ1) is 9.09. The Morgan fingerprint density at radius 2 is 2.40 bits per heavy atom. The van der Waals surface area contributed by atoms with Gasteiger partial charge in [-0.15, -0.1) is 0 Å². The topological polar surface area (TPSA) is 64.3 Å². The highest BCUT2D eigenvalue weighted by Gasteiger charge is 2.48. The third-order valence-electron chi connectivity index (χ3n) is 3.42. The van der Waals surface area contributed by atoms with Gasteiger partial charge in [-0.25, -0.2) is 9.97 Å². The molecule has 4 heteroatoms. The molecule has 80 valence electrons. The summed E-state index contributed by atoms with van der Waals surface area (Å²) >= 11 is 0. The Labute approximate surface area is 88.9 Å². The molecule has 0 unspecified atom stereocenters. The summed E-state index contributed by atoms with van der Waals surface area (Å²) in [6.45, 7) is 0.922. The highest BCUT2D eigenvalue weighted by molar-refractivity contribution is 5.26. The van der Waals surface area contributed by atoms with Gasteiger partial charge in [0.25, 0.3) is 0 Å². The first-order valence-corrected chi connectivity index (χ1v) is 5.50. The summed E-state index contributed by atoms with van der Waals surface area (Å²) in [5, 5.41) is 0. The van der Waals surface area contributed by atoms with Crippen molar-refractivity contribution in [2.75, 3.05) is 12.3 Å². The number of hydrogen-bond donors (Lipinski definition) is 1. The minimum Gasteiger partial charge on any atom is -0.384 e. The summed E-state index contributed by atoms with van der Waals surface area (Å²) in [4.78, 5) is 8.61. The van der Waals surface area contributed by atoms with E-state index in [0.717, 1.165) is 25.3 Å². The molecule has 2 fully saturated rings. The normalized spacial score (nSPS) is 34.3. The van der Waals surface area contributed by atoms with Gasteiger partial charge in [0, 0.05) is 12.1 Å². The Morgan fingerprint density at radius 3 is 3.13 bits per heavy atom. The van der Waals surface area contributed by atoms with Crippen molar-refractivity contribution in [2.45, 2.75) is 37.2 Å². The van der Waals surface area contributed by atoms with Crippen LogP contribution < -0.4 is 5.73 Å². The molecule has 3 rings (SSSR count). The molecule has 1 aliphatic heterocycles. The lowest BCUT2D eigenvalue weighted by Crippen LogP contribution is -2.23. The van der Waals surface area contributed by atoms with Crippen molar-refractivity contribution in [1.29, 1.82) is 0 Å². The van der Waals surface area contributed by atoms with Crippen LogP contribution in [0.5, 0.6) is 0 Å². The number of rotatable bonds is 1. The maximum absolute atomic E-state index is 5.67. The largest absolute Gasteiger partial charge is 0.384 e. The number of ether oxygens (including phenoxy) is 1. The van der Waals surface area contributed by atoms with E-state index in [2.05, 4.69) is 9.97 Å². The van der Waals surface area contributed by atoms with E-state index in [1.54, 1.807) is 12.3 Å². The Balaban J connectivity index is 1.81. The number of aromatic nitrogens is 2. The zero-order chi connectivity index (χ0) is 10.3. The van der Waals surface area contributed by atoms with Crippen molar-refractivity contribution in [3.05, 3.63) is 18.1 Å². The Hall–Kier alpha value is -1.16. The van der Waals surface area contributed by atoms with Gasteiger partial charge in [-0.05, 0) is 31.7 Å². The summed E-state index contributed by atoms with van der Waals surface area (Å²) in [5.41, 5.74) is 5.84. The molecule has 2 N–H and O–H groups in total. The maximum Gasteiger partial charge on any atom is 0.133 e. The second-order valence-corrected chi connectivity index (χ2v) is 4.60. The van der Waals surface area contributed by atoms with Crippen LogP contribution in [0.3, 0.4) is 0 Å². The Bertz CT molecular complexity index is 376. The van der Waals surface area contributed by atoms with E-state index in [-0.39, 0.29) is 5.60 Å². The quantitative estimate of drug-likeness (QED) is 0.705. The minimum atomic E-state index is 0.177. The van der Waals surface area contributed by atoms with Crippen LogP contribution in [-0.4, -0.2) is 22.2 Å². The second-order valence-electron chi connectivity index (χ2n) is 4.60. The monoisotopic (exact) mass is 205 g/mol. The summed E-state index contributed by atoms with van der Waals surface area (Å²) in [7, 11) is 0. The van der Waals surface area contributed by atoms with Crippen LogP contribution in [0, 0.1) is 0 Å².